The summed E-state index contributed by atoms with van der Waals surface area (Å²) in [6.45, 7) is 2.39. The van der Waals surface area contributed by atoms with E-state index in [2.05, 4.69) is 15.5 Å². The normalized spacial score (nSPS) is 17.2. The van der Waals surface area contributed by atoms with Crippen molar-refractivity contribution in [1.82, 2.24) is 15.5 Å². The SMILES string of the molecule is Fc1ccccc1OCc1ccc(-c2noc([C@H]3CNCCO3)n2)cc1. The van der Waals surface area contributed by atoms with Gasteiger partial charge < -0.3 is 19.3 Å². The molecule has 7 heteroatoms. The third-order valence-electron chi connectivity index (χ3n) is 4.09. The first-order valence-electron chi connectivity index (χ1n) is 8.42. The lowest BCUT2D eigenvalue weighted by Crippen LogP contribution is -2.33. The lowest BCUT2D eigenvalue weighted by molar-refractivity contribution is 0.00755. The first kappa shape index (κ1) is 16.7. The first-order valence-corrected chi connectivity index (χ1v) is 8.42. The third kappa shape index (κ3) is 3.74. The van der Waals surface area contributed by atoms with E-state index in [0.717, 1.165) is 17.7 Å². The van der Waals surface area contributed by atoms with Gasteiger partial charge in [-0.2, -0.15) is 4.98 Å². The molecule has 6 nitrogen and oxygen atoms in total. The highest BCUT2D eigenvalue weighted by molar-refractivity contribution is 5.54. The van der Waals surface area contributed by atoms with Gasteiger partial charge in [0.15, 0.2) is 11.6 Å². The molecule has 1 fully saturated rings. The Morgan fingerprint density at radius 1 is 1.15 bits per heavy atom. The van der Waals surface area contributed by atoms with E-state index >= 15 is 0 Å². The van der Waals surface area contributed by atoms with Gasteiger partial charge in [-0.05, 0) is 17.7 Å². The zero-order valence-corrected chi connectivity index (χ0v) is 14.0. The summed E-state index contributed by atoms with van der Waals surface area (Å²) in [5.74, 6) is 0.846. The van der Waals surface area contributed by atoms with Crippen LogP contribution in [-0.2, 0) is 11.3 Å². The van der Waals surface area contributed by atoms with E-state index in [4.69, 9.17) is 14.0 Å². The van der Waals surface area contributed by atoms with Crippen molar-refractivity contribution < 1.29 is 18.4 Å². The Kier molecular flexibility index (Phi) is 4.90. The van der Waals surface area contributed by atoms with Crippen molar-refractivity contribution in [3.8, 4) is 17.1 Å². The fourth-order valence-electron chi connectivity index (χ4n) is 2.68. The predicted octanol–water partition coefficient (Wildman–Crippen LogP) is 3.12. The van der Waals surface area contributed by atoms with Crippen LogP contribution >= 0.6 is 0 Å². The van der Waals surface area contributed by atoms with E-state index in [-0.39, 0.29) is 24.3 Å². The van der Waals surface area contributed by atoms with Gasteiger partial charge in [0, 0.05) is 18.7 Å². The van der Waals surface area contributed by atoms with Crippen molar-refractivity contribution in [2.75, 3.05) is 19.7 Å². The van der Waals surface area contributed by atoms with Crippen molar-refractivity contribution >= 4 is 0 Å². The molecule has 134 valence electrons. The Morgan fingerprint density at radius 2 is 2.00 bits per heavy atom. The van der Waals surface area contributed by atoms with Crippen LogP contribution < -0.4 is 10.1 Å². The van der Waals surface area contributed by atoms with E-state index in [9.17, 15) is 4.39 Å². The van der Waals surface area contributed by atoms with Crippen LogP contribution in [0.1, 0.15) is 17.6 Å². The van der Waals surface area contributed by atoms with Gasteiger partial charge in [-0.1, -0.05) is 41.6 Å². The smallest absolute Gasteiger partial charge is 0.257 e. The number of nitrogens with one attached hydrogen (secondary N) is 1. The highest BCUT2D eigenvalue weighted by Crippen LogP contribution is 2.23. The van der Waals surface area contributed by atoms with Crippen LogP contribution in [0.4, 0.5) is 4.39 Å². The summed E-state index contributed by atoms with van der Waals surface area (Å²) in [6, 6.07) is 13.9. The molecule has 0 aliphatic carbocycles. The van der Waals surface area contributed by atoms with Crippen LogP contribution in [0.3, 0.4) is 0 Å². The van der Waals surface area contributed by atoms with E-state index in [1.165, 1.54) is 6.07 Å². The molecule has 0 unspecified atom stereocenters. The molecule has 2 aromatic carbocycles. The molecule has 1 saturated heterocycles. The van der Waals surface area contributed by atoms with Gasteiger partial charge in [0.2, 0.25) is 5.82 Å². The van der Waals surface area contributed by atoms with Gasteiger partial charge in [-0.15, -0.1) is 0 Å². The Hall–Kier alpha value is -2.77. The number of halogens is 1. The number of benzene rings is 2. The molecule has 3 aromatic rings. The average Bonchev–Trinajstić information content (AvgIpc) is 3.19. The maximum atomic E-state index is 13.6. The maximum absolute atomic E-state index is 13.6. The molecule has 1 atom stereocenters. The molecule has 0 bridgehead atoms. The standard InChI is InChI=1S/C19H18FN3O3/c20-15-3-1-2-4-16(15)25-12-13-5-7-14(8-6-13)18-22-19(26-23-18)17-11-21-9-10-24-17/h1-8,17,21H,9-12H2/t17-/m1/s1. The summed E-state index contributed by atoms with van der Waals surface area (Å²) < 4.78 is 30.0. The van der Waals surface area contributed by atoms with Crippen molar-refractivity contribution in [1.29, 1.82) is 0 Å². The van der Waals surface area contributed by atoms with Gasteiger partial charge in [0.1, 0.15) is 12.7 Å². The number of rotatable bonds is 5. The number of ether oxygens (including phenoxy) is 2. The lowest BCUT2D eigenvalue weighted by atomic mass is 10.1. The maximum Gasteiger partial charge on any atom is 0.257 e. The molecule has 1 aliphatic rings. The van der Waals surface area contributed by atoms with E-state index in [1.54, 1.807) is 18.2 Å². The monoisotopic (exact) mass is 355 g/mol. The molecular weight excluding hydrogens is 337 g/mol. The number of nitrogens with zero attached hydrogens (tertiary/aromatic N) is 2. The molecule has 0 amide bonds. The van der Waals surface area contributed by atoms with Gasteiger partial charge in [0.25, 0.3) is 5.89 Å². The minimum absolute atomic E-state index is 0.210. The molecule has 1 aliphatic heterocycles. The van der Waals surface area contributed by atoms with Crippen molar-refractivity contribution in [2.24, 2.45) is 0 Å². The van der Waals surface area contributed by atoms with E-state index in [1.807, 2.05) is 24.3 Å². The number of hydrogen-bond acceptors (Lipinski definition) is 6. The van der Waals surface area contributed by atoms with Gasteiger partial charge in [0.05, 0.1) is 6.61 Å². The van der Waals surface area contributed by atoms with Gasteiger partial charge in [-0.25, -0.2) is 4.39 Å². The summed E-state index contributed by atoms with van der Waals surface area (Å²) in [7, 11) is 0. The van der Waals surface area contributed by atoms with Crippen LogP contribution in [-0.4, -0.2) is 29.8 Å². The molecule has 0 spiro atoms. The van der Waals surface area contributed by atoms with Crippen LogP contribution in [0, 0.1) is 5.82 Å². The van der Waals surface area contributed by atoms with Crippen molar-refractivity contribution in [3.05, 3.63) is 65.8 Å². The summed E-state index contributed by atoms with van der Waals surface area (Å²) in [5, 5.41) is 7.25. The quantitative estimate of drug-likeness (QED) is 0.758. The number of para-hydroxylation sites is 1. The topological polar surface area (TPSA) is 69.4 Å². The summed E-state index contributed by atoms with van der Waals surface area (Å²) in [5.41, 5.74) is 1.75. The zero-order valence-electron chi connectivity index (χ0n) is 14.0. The predicted molar refractivity (Wildman–Crippen MR) is 92.0 cm³/mol. The fourth-order valence-corrected chi connectivity index (χ4v) is 2.68. The second kappa shape index (κ2) is 7.63. The van der Waals surface area contributed by atoms with Crippen LogP contribution in [0.25, 0.3) is 11.4 Å². The zero-order chi connectivity index (χ0) is 17.8. The number of morpholine rings is 1. The first-order chi connectivity index (χ1) is 12.8. The van der Waals surface area contributed by atoms with Crippen molar-refractivity contribution in [2.45, 2.75) is 12.7 Å². The van der Waals surface area contributed by atoms with E-state index in [0.29, 0.717) is 24.9 Å². The second-order valence-corrected chi connectivity index (χ2v) is 5.94. The molecular formula is C19H18FN3O3. The van der Waals surface area contributed by atoms with E-state index < -0.39 is 0 Å². The second-order valence-electron chi connectivity index (χ2n) is 5.94. The molecule has 1 N–H and O–H groups in total. The fraction of sp³-hybridized carbons (Fsp3) is 0.263. The number of hydrogen-bond donors (Lipinski definition) is 1. The van der Waals surface area contributed by atoms with Gasteiger partial charge in [-0.3, -0.25) is 0 Å². The Labute approximate surface area is 149 Å². The minimum Gasteiger partial charge on any atom is -0.486 e. The summed E-state index contributed by atoms with van der Waals surface area (Å²) in [6.07, 6.45) is -0.210. The minimum atomic E-state index is -0.372. The Balaban J connectivity index is 1.41. The van der Waals surface area contributed by atoms with Crippen LogP contribution in [0.15, 0.2) is 53.1 Å². The molecule has 2 heterocycles. The molecule has 4 rings (SSSR count). The third-order valence-corrected chi connectivity index (χ3v) is 4.09. The Bertz CT molecular complexity index is 860. The molecule has 0 radical (unpaired) electrons. The van der Waals surface area contributed by atoms with Gasteiger partial charge >= 0.3 is 0 Å². The summed E-state index contributed by atoms with van der Waals surface area (Å²) in [4.78, 5) is 4.42. The molecule has 0 saturated carbocycles. The highest BCUT2D eigenvalue weighted by Gasteiger charge is 2.22. The molecule has 1 aromatic heterocycles. The molecule has 26 heavy (non-hydrogen) atoms. The average molecular weight is 355 g/mol. The lowest BCUT2D eigenvalue weighted by Gasteiger charge is -2.19. The van der Waals surface area contributed by atoms with Crippen LogP contribution in [0.5, 0.6) is 5.75 Å². The number of aromatic nitrogens is 2. The largest absolute Gasteiger partial charge is 0.486 e. The summed E-state index contributed by atoms with van der Waals surface area (Å²) >= 11 is 0. The van der Waals surface area contributed by atoms with Crippen LogP contribution in [0.2, 0.25) is 0 Å². The highest BCUT2D eigenvalue weighted by atomic mass is 19.1. The van der Waals surface area contributed by atoms with Crippen molar-refractivity contribution in [3.63, 3.8) is 0 Å². The Morgan fingerprint density at radius 3 is 2.77 bits per heavy atom.